The lowest BCUT2D eigenvalue weighted by Crippen LogP contribution is -2.28. The Labute approximate surface area is 216 Å². The number of Topliss-reactive ketones (excluding diaryl/α,β-unsaturated/α-hetero) is 1. The van der Waals surface area contributed by atoms with E-state index in [2.05, 4.69) is 77.8 Å². The van der Waals surface area contributed by atoms with Gasteiger partial charge in [0, 0.05) is 21.4 Å². The molecular formula is C30H31ClN2OS. The molecule has 1 aliphatic carbocycles. The highest BCUT2D eigenvalue weighted by Crippen LogP contribution is 2.44. The third-order valence-electron chi connectivity index (χ3n) is 6.15. The number of fused-ring (bicyclic) bond motifs is 1. The predicted molar refractivity (Wildman–Crippen MR) is 150 cm³/mol. The summed E-state index contributed by atoms with van der Waals surface area (Å²) in [6.45, 7) is 14.6. The van der Waals surface area contributed by atoms with Crippen LogP contribution in [-0.2, 0) is 4.79 Å². The minimum Gasteiger partial charge on any atom is -0.289 e. The van der Waals surface area contributed by atoms with Gasteiger partial charge in [-0.2, -0.15) is 0 Å². The number of carbonyl (C=O) groups excluding carboxylic acids is 1. The van der Waals surface area contributed by atoms with Gasteiger partial charge in [-0.15, -0.1) is 21.6 Å². The third-order valence-corrected chi connectivity index (χ3v) is 7.75. The molecule has 3 aromatic rings. The Kier molecular flexibility index (Phi) is 6.74. The second kappa shape index (κ2) is 9.33. The molecule has 0 atom stereocenters. The van der Waals surface area contributed by atoms with E-state index < -0.39 is 0 Å². The van der Waals surface area contributed by atoms with Crippen molar-refractivity contribution in [2.75, 3.05) is 0 Å². The molecule has 0 N–H and O–H groups in total. The number of thiophene rings is 1. The van der Waals surface area contributed by atoms with Crippen molar-refractivity contribution in [2.24, 2.45) is 21.1 Å². The maximum Gasteiger partial charge on any atom is 0.186 e. The molecule has 1 aliphatic rings. The summed E-state index contributed by atoms with van der Waals surface area (Å²) in [5.41, 5.74) is 4.34. The lowest BCUT2D eigenvalue weighted by atomic mass is 9.71. The van der Waals surface area contributed by atoms with Crippen LogP contribution in [0.25, 0.3) is 15.8 Å². The van der Waals surface area contributed by atoms with Crippen LogP contribution >= 0.6 is 22.9 Å². The van der Waals surface area contributed by atoms with Crippen molar-refractivity contribution < 1.29 is 4.79 Å². The Hall–Kier alpha value is -2.82. The van der Waals surface area contributed by atoms with Crippen molar-refractivity contribution in [2.45, 2.75) is 48.5 Å². The molecule has 3 nitrogen and oxygen atoms in total. The molecule has 0 aliphatic heterocycles. The Morgan fingerprint density at radius 2 is 1.43 bits per heavy atom. The summed E-state index contributed by atoms with van der Waals surface area (Å²) in [5, 5.41) is 11.1. The Morgan fingerprint density at radius 1 is 0.857 bits per heavy atom. The lowest BCUT2D eigenvalue weighted by Gasteiger charge is -2.31. The van der Waals surface area contributed by atoms with Gasteiger partial charge in [0.2, 0.25) is 0 Å². The largest absolute Gasteiger partial charge is 0.289 e. The Bertz CT molecular complexity index is 1400. The van der Waals surface area contributed by atoms with Crippen molar-refractivity contribution in [1.29, 1.82) is 0 Å². The van der Waals surface area contributed by atoms with E-state index in [9.17, 15) is 4.79 Å². The normalized spacial score (nSPS) is 15.1. The zero-order valence-corrected chi connectivity index (χ0v) is 22.9. The van der Waals surface area contributed by atoms with Crippen LogP contribution in [0, 0.1) is 17.8 Å². The standard InChI is InChI=1S/C30H31ClN2OS/c1-18-20-12-8-11-15-25(20)35-28(18)26(33-32-24-14-10-9-13-23(24)31)19-16-21(29(2,3)4)27(34)22(17-19)30(5,6)7/h8-17H,1-7H3. The van der Waals surface area contributed by atoms with Crippen molar-refractivity contribution in [3.05, 3.63) is 92.9 Å². The number of carbonyl (C=O) groups is 1. The second-order valence-corrected chi connectivity index (χ2v) is 12.4. The summed E-state index contributed by atoms with van der Waals surface area (Å²) >= 11 is 8.08. The molecular weight excluding hydrogens is 472 g/mol. The molecule has 0 bridgehead atoms. The third kappa shape index (κ3) is 5.10. The molecule has 1 aromatic heterocycles. The average molecular weight is 503 g/mol. The molecule has 35 heavy (non-hydrogen) atoms. The minimum atomic E-state index is -0.312. The number of nitrogens with zero attached hydrogens (tertiary/aromatic N) is 2. The molecule has 1 heterocycles. The molecule has 5 heteroatoms. The van der Waals surface area contributed by atoms with E-state index in [1.807, 2.05) is 36.4 Å². The number of ketones is 1. The SMILES string of the molecule is Cc1c(C(N=Nc2ccccc2Cl)=C2C=C(C(C)(C)C)C(=O)C(C(C)(C)C)=C2)sc2ccccc12. The number of azo groups is 1. The highest BCUT2D eigenvalue weighted by atomic mass is 35.5. The summed E-state index contributed by atoms with van der Waals surface area (Å²) in [7, 11) is 0. The first-order valence-electron chi connectivity index (χ1n) is 11.8. The van der Waals surface area contributed by atoms with Crippen LogP contribution in [0.1, 0.15) is 52.0 Å². The fraction of sp³-hybridized carbons (Fsp3) is 0.300. The van der Waals surface area contributed by atoms with E-state index in [4.69, 9.17) is 16.7 Å². The summed E-state index contributed by atoms with van der Waals surface area (Å²) in [6.07, 6.45) is 4.00. The molecule has 0 amide bonds. The van der Waals surface area contributed by atoms with Crippen LogP contribution in [-0.4, -0.2) is 5.78 Å². The first-order chi connectivity index (χ1) is 16.4. The molecule has 0 unspecified atom stereocenters. The molecule has 0 saturated heterocycles. The monoisotopic (exact) mass is 502 g/mol. The van der Waals surface area contributed by atoms with Crippen molar-refractivity contribution >= 4 is 50.2 Å². The molecule has 2 aromatic carbocycles. The van der Waals surface area contributed by atoms with E-state index in [0.717, 1.165) is 32.9 Å². The molecule has 0 saturated carbocycles. The van der Waals surface area contributed by atoms with Crippen LogP contribution in [0.3, 0.4) is 0 Å². The van der Waals surface area contributed by atoms with Gasteiger partial charge in [0.1, 0.15) is 11.4 Å². The Morgan fingerprint density at radius 3 is 2.00 bits per heavy atom. The van der Waals surface area contributed by atoms with Crippen LogP contribution in [0.2, 0.25) is 5.02 Å². The minimum absolute atomic E-state index is 0.101. The van der Waals surface area contributed by atoms with Crippen molar-refractivity contribution in [1.82, 2.24) is 0 Å². The predicted octanol–water partition coefficient (Wildman–Crippen LogP) is 9.89. The van der Waals surface area contributed by atoms with Gasteiger partial charge in [0.25, 0.3) is 0 Å². The summed E-state index contributed by atoms with van der Waals surface area (Å²) in [6, 6.07) is 15.8. The van der Waals surface area contributed by atoms with Crippen LogP contribution < -0.4 is 0 Å². The summed E-state index contributed by atoms with van der Waals surface area (Å²) in [5.74, 6) is 0.101. The molecule has 4 rings (SSSR count). The molecule has 0 spiro atoms. The highest BCUT2D eigenvalue weighted by Gasteiger charge is 2.35. The number of benzene rings is 2. The first-order valence-corrected chi connectivity index (χ1v) is 13.0. The number of aryl methyl sites for hydroxylation is 1. The van der Waals surface area contributed by atoms with Gasteiger partial charge in [-0.3, -0.25) is 4.79 Å². The maximum atomic E-state index is 13.5. The van der Waals surface area contributed by atoms with Gasteiger partial charge >= 0.3 is 0 Å². The Balaban J connectivity index is 2.05. The summed E-state index contributed by atoms with van der Waals surface area (Å²) < 4.78 is 1.19. The second-order valence-electron chi connectivity index (χ2n) is 11.0. The van der Waals surface area contributed by atoms with E-state index in [-0.39, 0.29) is 16.6 Å². The number of hydrogen-bond acceptors (Lipinski definition) is 4. The average Bonchev–Trinajstić information content (AvgIpc) is 3.11. The number of rotatable bonds is 3. The molecule has 180 valence electrons. The van der Waals surface area contributed by atoms with Crippen LogP contribution in [0.15, 0.2) is 87.6 Å². The highest BCUT2D eigenvalue weighted by molar-refractivity contribution is 7.20. The molecule has 0 fully saturated rings. The van der Waals surface area contributed by atoms with Crippen molar-refractivity contribution in [3.63, 3.8) is 0 Å². The van der Waals surface area contributed by atoms with E-state index in [1.54, 1.807) is 11.3 Å². The fourth-order valence-corrected chi connectivity index (χ4v) is 5.54. The first kappa shape index (κ1) is 25.3. The number of halogens is 1. The maximum absolute atomic E-state index is 13.5. The van der Waals surface area contributed by atoms with Gasteiger partial charge in [0.15, 0.2) is 5.78 Å². The molecule has 0 radical (unpaired) electrons. The van der Waals surface area contributed by atoms with Gasteiger partial charge in [-0.25, -0.2) is 0 Å². The van der Waals surface area contributed by atoms with Gasteiger partial charge in [-0.1, -0.05) is 83.5 Å². The van der Waals surface area contributed by atoms with Gasteiger partial charge in [-0.05, 0) is 59.1 Å². The fourth-order valence-electron chi connectivity index (χ4n) is 4.15. The van der Waals surface area contributed by atoms with Crippen LogP contribution in [0.5, 0.6) is 0 Å². The van der Waals surface area contributed by atoms with E-state index in [0.29, 0.717) is 10.7 Å². The summed E-state index contributed by atoms with van der Waals surface area (Å²) in [4.78, 5) is 14.6. The van der Waals surface area contributed by atoms with E-state index >= 15 is 0 Å². The van der Waals surface area contributed by atoms with Crippen molar-refractivity contribution in [3.8, 4) is 0 Å². The zero-order valence-electron chi connectivity index (χ0n) is 21.4. The quantitative estimate of drug-likeness (QED) is 0.328. The lowest BCUT2D eigenvalue weighted by molar-refractivity contribution is -0.114. The van der Waals surface area contributed by atoms with Gasteiger partial charge < -0.3 is 0 Å². The topological polar surface area (TPSA) is 41.8 Å². The zero-order chi connectivity index (χ0) is 25.5. The van der Waals surface area contributed by atoms with Gasteiger partial charge in [0.05, 0.1) is 9.90 Å². The smallest absolute Gasteiger partial charge is 0.186 e. The van der Waals surface area contributed by atoms with Crippen LogP contribution in [0.4, 0.5) is 5.69 Å². The van der Waals surface area contributed by atoms with E-state index in [1.165, 1.54) is 10.1 Å². The number of hydrogen-bond donors (Lipinski definition) is 0. The number of allylic oxidation sites excluding steroid dienone is 5.